The lowest BCUT2D eigenvalue weighted by atomic mass is 9.63. The normalized spacial score (nSPS) is 46.8. The summed E-state index contributed by atoms with van der Waals surface area (Å²) in [4.78, 5) is 0. The van der Waals surface area contributed by atoms with Crippen molar-refractivity contribution < 1.29 is 0 Å². The van der Waals surface area contributed by atoms with E-state index in [1.807, 2.05) is 0 Å². The molecule has 4 unspecified atom stereocenters. The van der Waals surface area contributed by atoms with Gasteiger partial charge in [0, 0.05) is 5.54 Å². The number of hydrogen-bond acceptors (Lipinski definition) is 1. The first-order valence-corrected chi connectivity index (χ1v) is 5.63. The molecule has 1 nitrogen and oxygen atoms in total. The fraction of sp³-hybridized carbons (Fsp3) is 1.00. The zero-order valence-electron chi connectivity index (χ0n) is 9.80. The first kappa shape index (κ1) is 11.0. The van der Waals surface area contributed by atoms with Gasteiger partial charge in [0.2, 0.25) is 0 Å². The molecule has 0 aromatic heterocycles. The van der Waals surface area contributed by atoms with E-state index < -0.39 is 0 Å². The summed E-state index contributed by atoms with van der Waals surface area (Å²) in [5.74, 6) is 3.08. The Kier molecular flexibility index (Phi) is 3.06. The highest BCUT2D eigenvalue weighted by atomic mass is 14.8. The van der Waals surface area contributed by atoms with Crippen LogP contribution in [0.1, 0.15) is 47.5 Å². The van der Waals surface area contributed by atoms with Gasteiger partial charge in [0.15, 0.2) is 0 Å². The van der Waals surface area contributed by atoms with Crippen LogP contribution in [0.4, 0.5) is 0 Å². The van der Waals surface area contributed by atoms with E-state index in [0.29, 0.717) is 5.92 Å². The van der Waals surface area contributed by atoms with Crippen molar-refractivity contribution in [3.8, 4) is 0 Å². The molecule has 1 heteroatoms. The highest BCUT2D eigenvalue weighted by Crippen LogP contribution is 2.41. The Balaban J connectivity index is 2.70. The zero-order valence-corrected chi connectivity index (χ0v) is 9.80. The standard InChI is InChI=1S/C12H25N/c1-8(2)11-6-9(3)10(4)12(5,13)7-11/h8-11H,6-7,13H2,1-5H3. The molecule has 0 aromatic carbocycles. The molecule has 1 fully saturated rings. The van der Waals surface area contributed by atoms with Gasteiger partial charge in [0.05, 0.1) is 0 Å². The smallest absolute Gasteiger partial charge is 0.0156 e. The number of nitrogens with two attached hydrogens (primary N) is 1. The second kappa shape index (κ2) is 3.61. The van der Waals surface area contributed by atoms with Crippen LogP contribution >= 0.6 is 0 Å². The maximum absolute atomic E-state index is 6.34. The average molecular weight is 183 g/mol. The van der Waals surface area contributed by atoms with Crippen LogP contribution in [0.15, 0.2) is 0 Å². The molecule has 0 aromatic rings. The Labute approximate surface area is 83.1 Å². The van der Waals surface area contributed by atoms with Crippen molar-refractivity contribution in [2.45, 2.75) is 53.0 Å². The molecule has 0 heterocycles. The maximum Gasteiger partial charge on any atom is 0.0156 e. The van der Waals surface area contributed by atoms with Crippen molar-refractivity contribution >= 4 is 0 Å². The molecule has 0 radical (unpaired) electrons. The SMILES string of the molecule is CC(C)C1CC(C)C(C)C(C)(N)C1. The van der Waals surface area contributed by atoms with Gasteiger partial charge in [-0.25, -0.2) is 0 Å². The summed E-state index contributed by atoms with van der Waals surface area (Å²) in [5.41, 5.74) is 6.40. The summed E-state index contributed by atoms with van der Waals surface area (Å²) in [7, 11) is 0. The summed E-state index contributed by atoms with van der Waals surface area (Å²) in [6.45, 7) is 11.5. The van der Waals surface area contributed by atoms with Gasteiger partial charge in [-0.05, 0) is 43.4 Å². The third-order valence-corrected chi connectivity index (χ3v) is 4.21. The van der Waals surface area contributed by atoms with E-state index in [1.54, 1.807) is 0 Å². The van der Waals surface area contributed by atoms with Gasteiger partial charge in [0.1, 0.15) is 0 Å². The molecule has 2 N–H and O–H groups in total. The summed E-state index contributed by atoms with van der Waals surface area (Å²) in [6.07, 6.45) is 2.57. The van der Waals surface area contributed by atoms with Crippen LogP contribution in [0.3, 0.4) is 0 Å². The second-order valence-corrected chi connectivity index (χ2v) is 5.72. The van der Waals surface area contributed by atoms with Crippen LogP contribution in [-0.4, -0.2) is 5.54 Å². The van der Waals surface area contributed by atoms with Crippen LogP contribution < -0.4 is 5.73 Å². The van der Waals surface area contributed by atoms with Crippen molar-refractivity contribution in [3.63, 3.8) is 0 Å². The Morgan fingerprint density at radius 2 is 1.85 bits per heavy atom. The monoisotopic (exact) mass is 183 g/mol. The third kappa shape index (κ3) is 2.25. The number of rotatable bonds is 1. The highest BCUT2D eigenvalue weighted by molar-refractivity contribution is 4.95. The fourth-order valence-electron chi connectivity index (χ4n) is 2.67. The quantitative estimate of drug-likeness (QED) is 0.664. The van der Waals surface area contributed by atoms with Crippen molar-refractivity contribution in [1.29, 1.82) is 0 Å². The molecule has 0 saturated heterocycles. The zero-order chi connectivity index (χ0) is 10.2. The minimum Gasteiger partial charge on any atom is -0.325 e. The molecule has 1 saturated carbocycles. The van der Waals surface area contributed by atoms with Gasteiger partial charge in [-0.15, -0.1) is 0 Å². The van der Waals surface area contributed by atoms with Crippen LogP contribution in [0.5, 0.6) is 0 Å². The van der Waals surface area contributed by atoms with Gasteiger partial charge in [0.25, 0.3) is 0 Å². The Morgan fingerprint density at radius 3 is 2.23 bits per heavy atom. The van der Waals surface area contributed by atoms with Crippen LogP contribution in [-0.2, 0) is 0 Å². The minimum absolute atomic E-state index is 0.0621. The van der Waals surface area contributed by atoms with E-state index in [4.69, 9.17) is 5.73 Å². The lowest BCUT2D eigenvalue weighted by Gasteiger charge is -2.45. The molecule has 13 heavy (non-hydrogen) atoms. The van der Waals surface area contributed by atoms with E-state index >= 15 is 0 Å². The van der Waals surface area contributed by atoms with Gasteiger partial charge in [-0.1, -0.05) is 27.7 Å². The molecule has 4 atom stereocenters. The van der Waals surface area contributed by atoms with E-state index in [-0.39, 0.29) is 5.54 Å². The Morgan fingerprint density at radius 1 is 1.31 bits per heavy atom. The van der Waals surface area contributed by atoms with Gasteiger partial charge < -0.3 is 5.73 Å². The van der Waals surface area contributed by atoms with E-state index in [2.05, 4.69) is 34.6 Å². The molecular formula is C12H25N. The fourth-order valence-corrected chi connectivity index (χ4v) is 2.67. The molecule has 0 amide bonds. The molecule has 1 aliphatic rings. The predicted octanol–water partition coefficient (Wildman–Crippen LogP) is 3.04. The molecule has 78 valence electrons. The summed E-state index contributed by atoms with van der Waals surface area (Å²) < 4.78 is 0. The van der Waals surface area contributed by atoms with E-state index in [1.165, 1.54) is 12.8 Å². The second-order valence-electron chi connectivity index (χ2n) is 5.72. The van der Waals surface area contributed by atoms with Crippen LogP contribution in [0, 0.1) is 23.7 Å². The molecule has 0 aliphatic heterocycles. The first-order valence-electron chi connectivity index (χ1n) is 5.63. The molecular weight excluding hydrogens is 158 g/mol. The Bertz CT molecular complexity index is 172. The lowest BCUT2D eigenvalue weighted by molar-refractivity contribution is 0.0882. The topological polar surface area (TPSA) is 26.0 Å². The molecule has 1 rings (SSSR count). The van der Waals surface area contributed by atoms with Crippen LogP contribution in [0.25, 0.3) is 0 Å². The van der Waals surface area contributed by atoms with E-state index in [0.717, 1.165) is 17.8 Å². The summed E-state index contributed by atoms with van der Waals surface area (Å²) in [6, 6.07) is 0. The van der Waals surface area contributed by atoms with Crippen LogP contribution in [0.2, 0.25) is 0 Å². The molecule has 0 bridgehead atoms. The third-order valence-electron chi connectivity index (χ3n) is 4.21. The van der Waals surface area contributed by atoms with Gasteiger partial charge >= 0.3 is 0 Å². The highest BCUT2D eigenvalue weighted by Gasteiger charge is 2.39. The predicted molar refractivity (Wildman–Crippen MR) is 58.5 cm³/mol. The van der Waals surface area contributed by atoms with Gasteiger partial charge in [-0.3, -0.25) is 0 Å². The number of hydrogen-bond donors (Lipinski definition) is 1. The summed E-state index contributed by atoms with van der Waals surface area (Å²) >= 11 is 0. The average Bonchev–Trinajstić information content (AvgIpc) is 1.99. The maximum atomic E-state index is 6.34. The van der Waals surface area contributed by atoms with Crippen molar-refractivity contribution in [2.24, 2.45) is 29.4 Å². The van der Waals surface area contributed by atoms with Crippen molar-refractivity contribution in [1.82, 2.24) is 0 Å². The van der Waals surface area contributed by atoms with Gasteiger partial charge in [-0.2, -0.15) is 0 Å². The van der Waals surface area contributed by atoms with Crippen molar-refractivity contribution in [2.75, 3.05) is 0 Å². The summed E-state index contributed by atoms with van der Waals surface area (Å²) in [5, 5.41) is 0. The Hall–Kier alpha value is -0.0400. The lowest BCUT2D eigenvalue weighted by Crippen LogP contribution is -2.51. The molecule has 1 aliphatic carbocycles. The largest absolute Gasteiger partial charge is 0.325 e. The minimum atomic E-state index is 0.0621. The van der Waals surface area contributed by atoms with Crippen molar-refractivity contribution in [3.05, 3.63) is 0 Å². The first-order chi connectivity index (χ1) is 5.84. The van der Waals surface area contributed by atoms with E-state index in [9.17, 15) is 0 Å². The molecule has 0 spiro atoms.